The highest BCUT2D eigenvalue weighted by Gasteiger charge is 2.26. The summed E-state index contributed by atoms with van der Waals surface area (Å²) in [5.41, 5.74) is 0.261. The molecule has 1 aliphatic heterocycles. The number of carbonyl (C=O) groups is 1. The second-order valence-electron chi connectivity index (χ2n) is 5.96. The average molecular weight is 426 g/mol. The fourth-order valence-corrected chi connectivity index (χ4v) is 4.81. The van der Waals surface area contributed by atoms with Gasteiger partial charge in [0.2, 0.25) is 10.0 Å². The van der Waals surface area contributed by atoms with Crippen molar-refractivity contribution in [2.75, 3.05) is 38.7 Å². The predicted molar refractivity (Wildman–Crippen MR) is 103 cm³/mol. The van der Waals surface area contributed by atoms with E-state index in [1.54, 1.807) is 18.2 Å². The van der Waals surface area contributed by atoms with Gasteiger partial charge < -0.3 is 9.47 Å². The Kier molecular flexibility index (Phi) is 7.06. The molecule has 0 bridgehead atoms. The molecule has 0 aliphatic carbocycles. The van der Waals surface area contributed by atoms with E-state index in [2.05, 4.69) is 0 Å². The van der Waals surface area contributed by atoms with Gasteiger partial charge >= 0.3 is 5.97 Å². The number of hydrogen-bond donors (Lipinski definition) is 0. The van der Waals surface area contributed by atoms with Crippen LogP contribution in [0.15, 0.2) is 58.3 Å². The third-order valence-corrected chi connectivity index (χ3v) is 7.03. The highest BCUT2D eigenvalue weighted by Crippen LogP contribution is 2.21. The van der Waals surface area contributed by atoms with Crippen LogP contribution in [0.5, 0.6) is 0 Å². The van der Waals surface area contributed by atoms with E-state index in [-0.39, 0.29) is 22.9 Å². The highest BCUT2D eigenvalue weighted by atomic mass is 32.2. The van der Waals surface area contributed by atoms with Gasteiger partial charge in [0.15, 0.2) is 0 Å². The van der Waals surface area contributed by atoms with Crippen molar-refractivity contribution in [2.24, 2.45) is 0 Å². The minimum atomic E-state index is -3.60. The molecule has 1 fully saturated rings. The molecule has 3 rings (SSSR count). The molecule has 0 spiro atoms. The maximum Gasteiger partial charge on any atom is 0.338 e. The fraction of sp³-hybridized carbons (Fsp3) is 0.316. The Morgan fingerprint density at radius 2 is 1.79 bits per heavy atom. The lowest BCUT2D eigenvalue weighted by Gasteiger charge is -2.26. The van der Waals surface area contributed by atoms with E-state index in [0.717, 1.165) is 0 Å². The molecule has 2 aromatic rings. The fourth-order valence-electron chi connectivity index (χ4n) is 2.63. The van der Waals surface area contributed by atoms with Crippen molar-refractivity contribution in [3.05, 3.63) is 59.9 Å². The van der Waals surface area contributed by atoms with Gasteiger partial charge in [-0.2, -0.15) is 4.31 Å². The van der Waals surface area contributed by atoms with E-state index in [9.17, 15) is 17.6 Å². The van der Waals surface area contributed by atoms with E-state index in [4.69, 9.17) is 9.47 Å². The third-order valence-electron chi connectivity index (χ3n) is 4.11. The number of nitrogens with zero attached hydrogens (tertiary/aromatic N) is 1. The molecule has 2 aromatic carbocycles. The van der Waals surface area contributed by atoms with Crippen molar-refractivity contribution in [3.8, 4) is 0 Å². The molecule has 6 nitrogen and oxygen atoms in total. The topological polar surface area (TPSA) is 72.9 Å². The molecule has 0 unspecified atom stereocenters. The van der Waals surface area contributed by atoms with E-state index in [1.165, 1.54) is 46.4 Å². The van der Waals surface area contributed by atoms with E-state index >= 15 is 0 Å². The Hall–Kier alpha value is -1.94. The van der Waals surface area contributed by atoms with Crippen LogP contribution in [0.3, 0.4) is 0 Å². The number of esters is 1. The van der Waals surface area contributed by atoms with Gasteiger partial charge in [0, 0.05) is 23.7 Å². The number of morpholine rings is 1. The summed E-state index contributed by atoms with van der Waals surface area (Å²) in [6, 6.07) is 12.0. The number of sulfonamides is 1. The molecule has 0 atom stereocenters. The monoisotopic (exact) mass is 425 g/mol. The van der Waals surface area contributed by atoms with Crippen LogP contribution in [0.25, 0.3) is 0 Å². The first kappa shape index (κ1) is 20.8. The maximum absolute atomic E-state index is 13.5. The molecule has 1 saturated heterocycles. The first-order valence-electron chi connectivity index (χ1n) is 8.71. The predicted octanol–water partition coefficient (Wildman–Crippen LogP) is 2.80. The van der Waals surface area contributed by atoms with Crippen molar-refractivity contribution in [2.45, 2.75) is 9.79 Å². The standard InChI is InChI=1S/C19H20FNO5S2/c20-17-3-1-2-4-18(17)27-14-13-26-19(22)15-5-7-16(8-6-15)28(23,24)21-9-11-25-12-10-21/h1-8H,9-14H2. The normalized spacial score (nSPS) is 15.3. The average Bonchev–Trinajstić information content (AvgIpc) is 2.73. The van der Waals surface area contributed by atoms with Gasteiger partial charge in [0.25, 0.3) is 0 Å². The number of hydrogen-bond acceptors (Lipinski definition) is 6. The SMILES string of the molecule is O=C(OCCSc1ccccc1F)c1ccc(S(=O)(=O)N2CCOCC2)cc1. The number of thioether (sulfide) groups is 1. The van der Waals surface area contributed by atoms with Crippen molar-refractivity contribution < 1.29 is 27.1 Å². The van der Waals surface area contributed by atoms with Gasteiger partial charge in [0.05, 0.1) is 23.7 Å². The lowest BCUT2D eigenvalue weighted by Crippen LogP contribution is -2.40. The van der Waals surface area contributed by atoms with Crippen molar-refractivity contribution in [3.63, 3.8) is 0 Å². The molecular weight excluding hydrogens is 405 g/mol. The van der Waals surface area contributed by atoms with Crippen molar-refractivity contribution in [1.82, 2.24) is 4.31 Å². The highest BCUT2D eigenvalue weighted by molar-refractivity contribution is 7.99. The minimum Gasteiger partial charge on any atom is -0.461 e. The molecule has 28 heavy (non-hydrogen) atoms. The summed E-state index contributed by atoms with van der Waals surface area (Å²) in [6.07, 6.45) is 0. The van der Waals surface area contributed by atoms with Crippen LogP contribution >= 0.6 is 11.8 Å². The molecule has 1 aliphatic rings. The van der Waals surface area contributed by atoms with Crippen molar-refractivity contribution >= 4 is 27.8 Å². The van der Waals surface area contributed by atoms with Gasteiger partial charge in [-0.15, -0.1) is 11.8 Å². The Morgan fingerprint density at radius 3 is 2.46 bits per heavy atom. The van der Waals surface area contributed by atoms with Crippen LogP contribution in [-0.2, 0) is 19.5 Å². The first-order chi connectivity index (χ1) is 13.5. The molecule has 0 radical (unpaired) electrons. The van der Waals surface area contributed by atoms with Gasteiger partial charge in [-0.25, -0.2) is 17.6 Å². The maximum atomic E-state index is 13.5. The number of halogens is 1. The summed E-state index contributed by atoms with van der Waals surface area (Å²) >= 11 is 1.26. The number of ether oxygens (including phenoxy) is 2. The van der Waals surface area contributed by atoms with E-state index in [0.29, 0.717) is 37.0 Å². The molecule has 1 heterocycles. The lowest BCUT2D eigenvalue weighted by atomic mass is 10.2. The Balaban J connectivity index is 1.53. The van der Waals surface area contributed by atoms with Crippen LogP contribution in [0.2, 0.25) is 0 Å². The molecular formula is C19H20FNO5S2. The molecule has 0 saturated carbocycles. The van der Waals surface area contributed by atoms with Gasteiger partial charge in [-0.3, -0.25) is 0 Å². The second-order valence-corrected chi connectivity index (χ2v) is 9.03. The van der Waals surface area contributed by atoms with Crippen LogP contribution in [-0.4, -0.2) is 57.4 Å². The third kappa shape index (κ3) is 5.11. The van der Waals surface area contributed by atoms with Crippen LogP contribution < -0.4 is 0 Å². The smallest absolute Gasteiger partial charge is 0.338 e. The molecule has 9 heteroatoms. The number of benzene rings is 2. The van der Waals surface area contributed by atoms with Gasteiger partial charge in [-0.1, -0.05) is 12.1 Å². The van der Waals surface area contributed by atoms with Gasteiger partial charge in [0.1, 0.15) is 12.4 Å². The zero-order valence-corrected chi connectivity index (χ0v) is 16.7. The summed E-state index contributed by atoms with van der Waals surface area (Å²) in [7, 11) is -3.60. The Labute approximate surface area is 167 Å². The summed E-state index contributed by atoms with van der Waals surface area (Å²) in [5, 5.41) is 0. The van der Waals surface area contributed by atoms with Crippen molar-refractivity contribution in [1.29, 1.82) is 0 Å². The second kappa shape index (κ2) is 9.51. The minimum absolute atomic E-state index is 0.117. The quantitative estimate of drug-likeness (QED) is 0.386. The molecule has 0 N–H and O–H groups in total. The lowest BCUT2D eigenvalue weighted by molar-refractivity contribution is 0.0530. The first-order valence-corrected chi connectivity index (χ1v) is 11.1. The number of carbonyl (C=O) groups excluding carboxylic acids is 1. The summed E-state index contributed by atoms with van der Waals surface area (Å²) in [4.78, 5) is 12.7. The van der Waals surface area contributed by atoms with Crippen LogP contribution in [0.4, 0.5) is 4.39 Å². The molecule has 0 aromatic heterocycles. The zero-order valence-electron chi connectivity index (χ0n) is 15.0. The Morgan fingerprint density at radius 1 is 1.11 bits per heavy atom. The number of rotatable bonds is 7. The van der Waals surface area contributed by atoms with E-state index in [1.807, 2.05) is 0 Å². The molecule has 0 amide bonds. The zero-order chi connectivity index (χ0) is 20.0. The van der Waals surface area contributed by atoms with Crippen LogP contribution in [0, 0.1) is 5.82 Å². The Bertz CT molecular complexity index is 912. The largest absolute Gasteiger partial charge is 0.461 e. The van der Waals surface area contributed by atoms with Gasteiger partial charge in [-0.05, 0) is 36.4 Å². The summed E-state index contributed by atoms with van der Waals surface area (Å²) < 4.78 is 50.4. The summed E-state index contributed by atoms with van der Waals surface area (Å²) in [5.74, 6) is -0.448. The summed E-state index contributed by atoms with van der Waals surface area (Å²) in [6.45, 7) is 1.48. The van der Waals surface area contributed by atoms with E-state index < -0.39 is 16.0 Å². The van der Waals surface area contributed by atoms with Crippen LogP contribution in [0.1, 0.15) is 10.4 Å². The molecule has 150 valence electrons.